The molecule has 0 spiro atoms. The van der Waals surface area contributed by atoms with E-state index in [1.807, 2.05) is 13.8 Å². The molecule has 0 fully saturated rings. The zero-order chi connectivity index (χ0) is 21.3. The lowest BCUT2D eigenvalue weighted by atomic mass is 9.85. The van der Waals surface area contributed by atoms with Crippen molar-refractivity contribution in [1.82, 2.24) is 0 Å². The van der Waals surface area contributed by atoms with Gasteiger partial charge in [-0.25, -0.2) is 0 Å². The second kappa shape index (κ2) is 11.4. The molecule has 0 amide bonds. The molecule has 0 aliphatic carbocycles. The first-order valence-corrected chi connectivity index (χ1v) is 11.7. The average molecular weight is 408 g/mol. The molecule has 8 heteroatoms. The van der Waals surface area contributed by atoms with Crippen molar-refractivity contribution in [2.75, 3.05) is 21.1 Å². The fourth-order valence-electron chi connectivity index (χ4n) is 3.50. The zero-order valence-electron chi connectivity index (χ0n) is 17.6. The summed E-state index contributed by atoms with van der Waals surface area (Å²) in [6.45, 7) is 4.05. The first kappa shape index (κ1) is 26.4. The van der Waals surface area contributed by atoms with Gasteiger partial charge >= 0.3 is 7.60 Å². The second-order valence-electron chi connectivity index (χ2n) is 8.31. The largest absolute Gasteiger partial charge is 0.386 e. The summed E-state index contributed by atoms with van der Waals surface area (Å²) in [5.41, 5.74) is -2.67. The third kappa shape index (κ3) is 8.12. The summed E-state index contributed by atoms with van der Waals surface area (Å²) in [4.78, 5) is 45.5. The van der Waals surface area contributed by atoms with Crippen LogP contribution in [0.4, 0.5) is 0 Å². The van der Waals surface area contributed by atoms with E-state index in [-0.39, 0.29) is 17.3 Å². The summed E-state index contributed by atoms with van der Waals surface area (Å²) in [6, 6.07) is 0. The van der Waals surface area contributed by atoms with Crippen molar-refractivity contribution in [2.45, 2.75) is 89.4 Å². The van der Waals surface area contributed by atoms with Gasteiger partial charge in [-0.05, 0) is 12.8 Å². The second-order valence-corrected chi connectivity index (χ2v) is 9.98. The van der Waals surface area contributed by atoms with Crippen LogP contribution in [0.2, 0.25) is 0 Å². The molecule has 160 valence electrons. The first-order valence-electron chi connectivity index (χ1n) is 9.98. The van der Waals surface area contributed by atoms with Crippen LogP contribution in [0.25, 0.3) is 0 Å². The maximum Gasteiger partial charge on any atom is 0.386 e. The van der Waals surface area contributed by atoms with Gasteiger partial charge in [0, 0.05) is 12.8 Å². The Kier molecular flexibility index (Phi) is 11.2. The SMILES string of the molecule is CCCCCCC(=O)C(O)(C(=O)CCCCCC)C([N+](C)(C)C)P(=O)(O)O. The Hall–Kier alpha value is -0.590. The van der Waals surface area contributed by atoms with Crippen LogP contribution in [0.3, 0.4) is 0 Å². The van der Waals surface area contributed by atoms with Crippen LogP contribution in [0.1, 0.15) is 78.1 Å². The van der Waals surface area contributed by atoms with Crippen LogP contribution >= 0.6 is 7.60 Å². The fraction of sp³-hybridized carbons (Fsp3) is 0.895. The Balaban J connectivity index is 5.73. The highest BCUT2D eigenvalue weighted by Crippen LogP contribution is 2.50. The summed E-state index contributed by atoms with van der Waals surface area (Å²) >= 11 is 0. The Labute approximate surface area is 163 Å². The highest BCUT2D eigenvalue weighted by Gasteiger charge is 2.62. The number of aliphatic hydroxyl groups is 1. The van der Waals surface area contributed by atoms with Crippen LogP contribution < -0.4 is 0 Å². The molecular formula is C19H39NO6P+. The van der Waals surface area contributed by atoms with Gasteiger partial charge in [-0.1, -0.05) is 52.4 Å². The molecular weight excluding hydrogens is 369 g/mol. The third-order valence-corrected chi connectivity index (χ3v) is 6.49. The van der Waals surface area contributed by atoms with E-state index >= 15 is 0 Å². The molecule has 0 aromatic rings. The van der Waals surface area contributed by atoms with Crippen LogP contribution in [0.5, 0.6) is 0 Å². The molecule has 0 rings (SSSR count). The molecule has 0 aliphatic rings. The highest BCUT2D eigenvalue weighted by atomic mass is 31.2. The number of likely N-dealkylation sites (N-methyl/N-ethyl adjacent to an activating group) is 1. The van der Waals surface area contributed by atoms with Crippen LogP contribution in [0.15, 0.2) is 0 Å². The van der Waals surface area contributed by atoms with E-state index in [0.29, 0.717) is 12.8 Å². The standard InChI is InChI=1S/C19H38NO6P/c1-6-8-10-12-14-16(21)19(23,17(22)15-13-11-9-7-2)18(20(3,4)5)27(24,25)26/h18,23H,6-15H2,1-5H3,(H-,24,25,26)/p+1. The minimum atomic E-state index is -4.94. The Morgan fingerprint density at radius 3 is 1.48 bits per heavy atom. The highest BCUT2D eigenvalue weighted by molar-refractivity contribution is 7.52. The van der Waals surface area contributed by atoms with Gasteiger partial charge in [0.1, 0.15) is 0 Å². The van der Waals surface area contributed by atoms with Crippen LogP contribution in [0, 0.1) is 0 Å². The number of Topliss-reactive ketones (excluding diaryl/α,β-unsaturated/α-hetero) is 2. The smallest absolute Gasteiger partial charge is 0.370 e. The van der Waals surface area contributed by atoms with E-state index in [4.69, 9.17) is 0 Å². The van der Waals surface area contributed by atoms with Crippen molar-refractivity contribution in [1.29, 1.82) is 0 Å². The minimum Gasteiger partial charge on any atom is -0.370 e. The van der Waals surface area contributed by atoms with E-state index < -0.39 is 30.5 Å². The Morgan fingerprint density at radius 1 is 0.852 bits per heavy atom. The van der Waals surface area contributed by atoms with Crippen molar-refractivity contribution >= 4 is 19.2 Å². The normalized spacial score (nSPS) is 14.2. The maximum absolute atomic E-state index is 12.9. The van der Waals surface area contributed by atoms with E-state index in [0.717, 1.165) is 38.5 Å². The summed E-state index contributed by atoms with van der Waals surface area (Å²) in [6.07, 6.45) is 6.19. The molecule has 1 unspecified atom stereocenters. The monoisotopic (exact) mass is 408 g/mol. The van der Waals surface area contributed by atoms with Crippen molar-refractivity contribution < 1.29 is 33.5 Å². The van der Waals surface area contributed by atoms with Crippen molar-refractivity contribution in [3.8, 4) is 0 Å². The van der Waals surface area contributed by atoms with Gasteiger partial charge in [0.2, 0.25) is 11.4 Å². The predicted octanol–water partition coefficient (Wildman–Crippen LogP) is 3.01. The first-order chi connectivity index (χ1) is 12.3. The minimum absolute atomic E-state index is 0.0618. The quantitative estimate of drug-likeness (QED) is 0.166. The Bertz CT molecular complexity index is 499. The van der Waals surface area contributed by atoms with Crippen molar-refractivity contribution in [2.24, 2.45) is 0 Å². The summed E-state index contributed by atoms with van der Waals surface area (Å²) in [5, 5.41) is 11.2. The molecule has 0 aliphatic heterocycles. The van der Waals surface area contributed by atoms with Crippen molar-refractivity contribution in [3.05, 3.63) is 0 Å². The van der Waals surface area contributed by atoms with E-state index in [9.17, 15) is 29.0 Å². The molecule has 1 atom stereocenters. The van der Waals surface area contributed by atoms with Gasteiger partial charge < -0.3 is 19.4 Å². The number of nitrogens with zero attached hydrogens (tertiary/aromatic N) is 1. The molecule has 0 radical (unpaired) electrons. The maximum atomic E-state index is 12.9. The molecule has 27 heavy (non-hydrogen) atoms. The average Bonchev–Trinajstić information content (AvgIpc) is 2.52. The zero-order valence-corrected chi connectivity index (χ0v) is 18.5. The van der Waals surface area contributed by atoms with Gasteiger partial charge in [-0.3, -0.25) is 14.2 Å². The number of ketones is 2. The number of hydrogen-bond acceptors (Lipinski definition) is 4. The van der Waals surface area contributed by atoms with E-state index in [2.05, 4.69) is 0 Å². The molecule has 0 saturated heterocycles. The van der Waals surface area contributed by atoms with Crippen molar-refractivity contribution in [3.63, 3.8) is 0 Å². The van der Waals surface area contributed by atoms with Gasteiger partial charge in [-0.2, -0.15) is 0 Å². The lowest BCUT2D eigenvalue weighted by Crippen LogP contribution is -2.65. The number of carbonyl (C=O) groups excluding carboxylic acids is 2. The molecule has 0 heterocycles. The van der Waals surface area contributed by atoms with Gasteiger partial charge in [0.15, 0.2) is 11.6 Å². The summed E-state index contributed by atoms with van der Waals surface area (Å²) in [7, 11) is -0.509. The van der Waals surface area contributed by atoms with Crippen LogP contribution in [-0.4, -0.2) is 63.5 Å². The van der Waals surface area contributed by atoms with Crippen LogP contribution in [-0.2, 0) is 14.2 Å². The molecule has 0 bridgehead atoms. The number of quaternary nitrogens is 1. The predicted molar refractivity (Wildman–Crippen MR) is 106 cm³/mol. The molecule has 3 N–H and O–H groups in total. The topological polar surface area (TPSA) is 112 Å². The van der Waals surface area contributed by atoms with E-state index in [1.54, 1.807) is 0 Å². The lowest BCUT2D eigenvalue weighted by Gasteiger charge is -2.42. The number of rotatable bonds is 15. The molecule has 0 aromatic heterocycles. The van der Waals surface area contributed by atoms with Gasteiger partial charge in [0.05, 0.1) is 21.1 Å². The summed E-state index contributed by atoms with van der Waals surface area (Å²) in [5.74, 6) is -3.37. The lowest BCUT2D eigenvalue weighted by molar-refractivity contribution is -0.887. The Morgan fingerprint density at radius 2 is 1.22 bits per heavy atom. The summed E-state index contributed by atoms with van der Waals surface area (Å²) < 4.78 is 11.8. The van der Waals surface area contributed by atoms with Gasteiger partial charge in [0.25, 0.3) is 0 Å². The number of unbranched alkanes of at least 4 members (excludes halogenated alkanes) is 6. The third-order valence-electron chi connectivity index (χ3n) is 4.79. The molecule has 7 nitrogen and oxygen atoms in total. The number of hydrogen-bond donors (Lipinski definition) is 3. The number of carbonyl (C=O) groups is 2. The fourth-order valence-corrected chi connectivity index (χ4v) is 5.18. The molecule has 0 aromatic carbocycles. The van der Waals surface area contributed by atoms with E-state index in [1.165, 1.54) is 21.1 Å². The van der Waals surface area contributed by atoms with Gasteiger partial charge in [-0.15, -0.1) is 0 Å². The molecule has 0 saturated carbocycles.